The minimum absolute atomic E-state index is 0.162. The van der Waals surface area contributed by atoms with Crippen LogP contribution in [0.3, 0.4) is 0 Å². The first-order valence-electron chi connectivity index (χ1n) is 7.40. The molecule has 0 spiro atoms. The molecule has 2 nitrogen and oxygen atoms in total. The van der Waals surface area contributed by atoms with Gasteiger partial charge in [-0.1, -0.05) is 30.3 Å². The molecule has 1 saturated heterocycles. The number of hydrogen-bond donors (Lipinski definition) is 1. The Kier molecular flexibility index (Phi) is 4.03. The van der Waals surface area contributed by atoms with Crippen molar-refractivity contribution in [3.63, 3.8) is 0 Å². The zero-order chi connectivity index (χ0) is 14.1. The Morgan fingerprint density at radius 2 is 1.68 bits per heavy atom. The topological polar surface area (TPSA) is 15.3 Å². The van der Waals surface area contributed by atoms with Crippen LogP contribution in [-0.2, 0) is 0 Å². The molecule has 1 aliphatic heterocycles. The number of rotatable bonds is 2. The van der Waals surface area contributed by atoms with Gasteiger partial charge in [0.05, 0.1) is 0 Å². The second-order valence-electron chi connectivity index (χ2n) is 7.01. The lowest BCUT2D eigenvalue weighted by Crippen LogP contribution is -2.57. The van der Waals surface area contributed by atoms with Gasteiger partial charge in [0.2, 0.25) is 0 Å². The molecule has 0 aromatic heterocycles. The van der Waals surface area contributed by atoms with Crippen LogP contribution in [0.25, 0.3) is 0 Å². The molecule has 1 aromatic rings. The van der Waals surface area contributed by atoms with E-state index in [0.29, 0.717) is 6.04 Å². The maximum absolute atomic E-state index is 3.59. The smallest absolute Gasteiger partial charge is 0.0331 e. The lowest BCUT2D eigenvalue weighted by Gasteiger charge is -2.50. The molecule has 1 fully saturated rings. The van der Waals surface area contributed by atoms with Gasteiger partial charge in [0, 0.05) is 23.7 Å². The third kappa shape index (κ3) is 3.01. The molecule has 19 heavy (non-hydrogen) atoms. The number of hydrogen-bond acceptors (Lipinski definition) is 2. The molecule has 1 aliphatic rings. The van der Waals surface area contributed by atoms with Crippen LogP contribution >= 0.6 is 0 Å². The van der Waals surface area contributed by atoms with Gasteiger partial charge in [-0.15, -0.1) is 0 Å². The molecule has 2 heteroatoms. The van der Waals surface area contributed by atoms with Gasteiger partial charge in [0.25, 0.3) is 0 Å². The second kappa shape index (κ2) is 5.26. The highest BCUT2D eigenvalue weighted by Gasteiger charge is 2.42. The first-order valence-corrected chi connectivity index (χ1v) is 7.40. The third-order valence-corrected chi connectivity index (χ3v) is 4.44. The molecule has 1 N–H and O–H groups in total. The van der Waals surface area contributed by atoms with E-state index in [2.05, 4.69) is 75.2 Å². The van der Waals surface area contributed by atoms with Crippen LogP contribution in [0.5, 0.6) is 0 Å². The summed E-state index contributed by atoms with van der Waals surface area (Å²) in [5, 5.41) is 3.59. The highest BCUT2D eigenvalue weighted by molar-refractivity contribution is 5.20. The first-order chi connectivity index (χ1) is 8.84. The van der Waals surface area contributed by atoms with Crippen LogP contribution in [0.1, 0.15) is 52.6 Å². The van der Waals surface area contributed by atoms with Gasteiger partial charge in [-0.3, -0.25) is 4.90 Å². The largest absolute Gasteiger partial charge is 0.315 e. The van der Waals surface area contributed by atoms with Crippen molar-refractivity contribution >= 4 is 0 Å². The van der Waals surface area contributed by atoms with Gasteiger partial charge < -0.3 is 5.32 Å². The van der Waals surface area contributed by atoms with Crippen LogP contribution in [0.4, 0.5) is 0 Å². The van der Waals surface area contributed by atoms with Crippen LogP contribution in [0.2, 0.25) is 0 Å². The quantitative estimate of drug-likeness (QED) is 0.874. The van der Waals surface area contributed by atoms with Crippen molar-refractivity contribution in [3.8, 4) is 0 Å². The Balaban J connectivity index is 2.37. The summed E-state index contributed by atoms with van der Waals surface area (Å²) < 4.78 is 0. The molecule has 2 rings (SSSR count). The predicted octanol–water partition coefficient (Wildman–Crippen LogP) is 3.60. The van der Waals surface area contributed by atoms with E-state index in [1.54, 1.807) is 0 Å². The molecule has 0 bridgehead atoms. The van der Waals surface area contributed by atoms with E-state index in [4.69, 9.17) is 0 Å². The zero-order valence-corrected chi connectivity index (χ0v) is 13.0. The van der Waals surface area contributed by atoms with Gasteiger partial charge in [-0.05, 0) is 53.1 Å². The number of benzene rings is 1. The monoisotopic (exact) mass is 260 g/mol. The summed E-state index contributed by atoms with van der Waals surface area (Å²) in [6, 6.07) is 11.3. The van der Waals surface area contributed by atoms with E-state index >= 15 is 0 Å². The summed E-state index contributed by atoms with van der Waals surface area (Å²) >= 11 is 0. The van der Waals surface area contributed by atoms with Crippen molar-refractivity contribution in [2.75, 3.05) is 13.1 Å². The average Bonchev–Trinajstić information content (AvgIpc) is 2.45. The van der Waals surface area contributed by atoms with Gasteiger partial charge in [0.1, 0.15) is 0 Å². The fourth-order valence-corrected chi connectivity index (χ4v) is 3.74. The molecule has 1 unspecified atom stereocenters. The summed E-state index contributed by atoms with van der Waals surface area (Å²) in [6.45, 7) is 14.0. The Labute approximate surface area is 118 Å². The lowest BCUT2D eigenvalue weighted by atomic mass is 9.88. The first kappa shape index (κ1) is 14.5. The Morgan fingerprint density at radius 3 is 2.32 bits per heavy atom. The van der Waals surface area contributed by atoms with Crippen LogP contribution in [-0.4, -0.2) is 29.1 Å². The van der Waals surface area contributed by atoms with Gasteiger partial charge >= 0.3 is 0 Å². The van der Waals surface area contributed by atoms with Gasteiger partial charge in [-0.2, -0.15) is 0 Å². The fraction of sp³-hybridized carbons (Fsp3) is 0.647. The SMILES string of the molecule is CC(c1ccccc1)N1C(C)(C)CCNCC1(C)C. The predicted molar refractivity (Wildman–Crippen MR) is 82.3 cm³/mol. The van der Waals surface area contributed by atoms with Crippen molar-refractivity contribution in [1.29, 1.82) is 0 Å². The van der Waals surface area contributed by atoms with Crippen molar-refractivity contribution < 1.29 is 0 Å². The molecule has 0 aliphatic carbocycles. The van der Waals surface area contributed by atoms with Crippen LogP contribution in [0.15, 0.2) is 30.3 Å². The van der Waals surface area contributed by atoms with Gasteiger partial charge in [0.15, 0.2) is 0 Å². The number of nitrogens with one attached hydrogen (secondary N) is 1. The molecule has 0 radical (unpaired) electrons. The minimum atomic E-state index is 0.162. The summed E-state index contributed by atoms with van der Waals surface area (Å²) in [7, 11) is 0. The standard InChI is InChI=1S/C17H28N2/c1-14(15-9-7-6-8-10-15)19-16(2,3)11-12-18-13-17(19,4)5/h6-10,14,18H,11-13H2,1-5H3. The van der Waals surface area contributed by atoms with Crippen LogP contribution in [0, 0.1) is 0 Å². The Hall–Kier alpha value is -0.860. The summed E-state index contributed by atoms with van der Waals surface area (Å²) in [6.07, 6.45) is 1.19. The number of nitrogens with zero attached hydrogens (tertiary/aromatic N) is 1. The highest BCUT2D eigenvalue weighted by Crippen LogP contribution is 2.38. The van der Waals surface area contributed by atoms with Crippen LogP contribution < -0.4 is 5.32 Å². The lowest BCUT2D eigenvalue weighted by molar-refractivity contribution is -0.00941. The van der Waals surface area contributed by atoms with E-state index in [0.717, 1.165) is 13.1 Å². The summed E-state index contributed by atoms with van der Waals surface area (Å²) in [4.78, 5) is 2.69. The molecule has 1 aromatic carbocycles. The molecule has 1 heterocycles. The van der Waals surface area contributed by atoms with E-state index in [9.17, 15) is 0 Å². The molecule has 0 amide bonds. The Morgan fingerprint density at radius 1 is 1.05 bits per heavy atom. The van der Waals surface area contributed by atoms with Crippen molar-refractivity contribution in [1.82, 2.24) is 10.2 Å². The van der Waals surface area contributed by atoms with E-state index in [-0.39, 0.29) is 11.1 Å². The normalized spacial score (nSPS) is 24.7. The minimum Gasteiger partial charge on any atom is -0.315 e. The molecule has 1 atom stereocenters. The summed E-state index contributed by atoms with van der Waals surface area (Å²) in [5.74, 6) is 0. The maximum Gasteiger partial charge on any atom is 0.0331 e. The van der Waals surface area contributed by atoms with Gasteiger partial charge in [-0.25, -0.2) is 0 Å². The summed E-state index contributed by atoms with van der Waals surface area (Å²) in [5.41, 5.74) is 1.78. The van der Waals surface area contributed by atoms with Crippen molar-refractivity contribution in [3.05, 3.63) is 35.9 Å². The van der Waals surface area contributed by atoms with Crippen molar-refractivity contribution in [2.45, 2.75) is 58.2 Å². The molecule has 106 valence electrons. The van der Waals surface area contributed by atoms with E-state index in [1.807, 2.05) is 0 Å². The zero-order valence-electron chi connectivity index (χ0n) is 13.0. The molecular weight excluding hydrogens is 232 g/mol. The third-order valence-electron chi connectivity index (χ3n) is 4.44. The fourth-order valence-electron chi connectivity index (χ4n) is 3.74. The van der Waals surface area contributed by atoms with Crippen molar-refractivity contribution in [2.24, 2.45) is 0 Å². The Bertz CT molecular complexity index is 391. The highest BCUT2D eigenvalue weighted by atomic mass is 15.3. The molecular formula is C17H28N2. The van der Waals surface area contributed by atoms with E-state index in [1.165, 1.54) is 12.0 Å². The maximum atomic E-state index is 3.59. The molecule has 0 saturated carbocycles. The second-order valence-corrected chi connectivity index (χ2v) is 7.01. The van der Waals surface area contributed by atoms with E-state index < -0.39 is 0 Å². The average molecular weight is 260 g/mol.